The topological polar surface area (TPSA) is 82.5 Å². The van der Waals surface area contributed by atoms with Crippen molar-refractivity contribution in [2.24, 2.45) is 5.92 Å². The summed E-state index contributed by atoms with van der Waals surface area (Å²) >= 11 is 1.64. The number of nitrogens with one attached hydrogen (secondary N) is 1. The number of phenols is 2. The minimum absolute atomic E-state index is 0.0183. The van der Waals surface area contributed by atoms with Crippen LogP contribution in [-0.2, 0) is 17.6 Å². The molecule has 1 aromatic carbocycles. The standard InChI is InChI=1S/C27H36N2O3S/c1-7-10-23-20(9-3)29-27(33-23)24-17(26(32)16(6)8-2)11-12-28-25(24)19-13-18(15(4)5)21(30)14-22(19)31/h11,13-16,28,30-31H,7-10,12H2,1-6H3. The molecule has 33 heavy (non-hydrogen) atoms. The number of aromatic hydroxyl groups is 2. The van der Waals surface area contributed by atoms with Gasteiger partial charge in [0, 0.05) is 40.1 Å². The average molecular weight is 469 g/mol. The number of ketones is 1. The van der Waals surface area contributed by atoms with Crippen molar-refractivity contribution in [2.45, 2.75) is 73.1 Å². The number of thiazole rings is 1. The first-order chi connectivity index (χ1) is 15.7. The zero-order valence-electron chi connectivity index (χ0n) is 20.6. The molecule has 1 aliphatic heterocycles. The number of aryl methyl sites for hydroxylation is 2. The van der Waals surface area contributed by atoms with E-state index in [0.717, 1.165) is 47.5 Å². The van der Waals surface area contributed by atoms with Gasteiger partial charge in [0.05, 0.1) is 11.4 Å². The van der Waals surface area contributed by atoms with Gasteiger partial charge in [-0.3, -0.25) is 4.79 Å². The van der Waals surface area contributed by atoms with Gasteiger partial charge in [-0.15, -0.1) is 11.3 Å². The Bertz CT molecular complexity index is 1100. The molecule has 0 saturated carbocycles. The van der Waals surface area contributed by atoms with Gasteiger partial charge < -0.3 is 15.5 Å². The second kappa shape index (κ2) is 10.6. The van der Waals surface area contributed by atoms with E-state index in [2.05, 4.69) is 19.2 Å². The van der Waals surface area contributed by atoms with E-state index >= 15 is 0 Å². The van der Waals surface area contributed by atoms with Gasteiger partial charge in [-0.2, -0.15) is 0 Å². The van der Waals surface area contributed by atoms with E-state index in [4.69, 9.17) is 4.98 Å². The summed E-state index contributed by atoms with van der Waals surface area (Å²) in [5.74, 6) is 0.125. The summed E-state index contributed by atoms with van der Waals surface area (Å²) in [5.41, 5.74) is 4.52. The number of dihydropyridines is 1. The van der Waals surface area contributed by atoms with Crippen LogP contribution >= 0.6 is 11.3 Å². The third-order valence-corrected chi connectivity index (χ3v) is 7.45. The Kier molecular flexibility index (Phi) is 8.01. The van der Waals surface area contributed by atoms with Gasteiger partial charge in [-0.25, -0.2) is 4.98 Å². The first kappa shape index (κ1) is 25.0. The van der Waals surface area contributed by atoms with Crippen LogP contribution < -0.4 is 5.32 Å². The molecule has 178 valence electrons. The number of allylic oxidation sites excluding steroid dienone is 2. The largest absolute Gasteiger partial charge is 0.508 e. The summed E-state index contributed by atoms with van der Waals surface area (Å²) in [4.78, 5) is 19.7. The van der Waals surface area contributed by atoms with Gasteiger partial charge in [-0.1, -0.05) is 54.0 Å². The molecule has 2 aromatic rings. The van der Waals surface area contributed by atoms with E-state index in [-0.39, 0.29) is 29.1 Å². The van der Waals surface area contributed by atoms with E-state index < -0.39 is 0 Å². The Morgan fingerprint density at radius 2 is 1.88 bits per heavy atom. The van der Waals surface area contributed by atoms with Gasteiger partial charge in [0.1, 0.15) is 16.5 Å². The molecule has 1 aliphatic rings. The third kappa shape index (κ3) is 5.01. The van der Waals surface area contributed by atoms with E-state index in [1.165, 1.54) is 10.9 Å². The second-order valence-corrected chi connectivity index (χ2v) is 10.1. The van der Waals surface area contributed by atoms with Crippen LogP contribution in [0.3, 0.4) is 0 Å². The molecular weight excluding hydrogens is 432 g/mol. The van der Waals surface area contributed by atoms with Crippen molar-refractivity contribution in [1.82, 2.24) is 10.3 Å². The summed E-state index contributed by atoms with van der Waals surface area (Å²) in [6.07, 6.45) is 5.52. The number of benzene rings is 1. The highest BCUT2D eigenvalue weighted by Crippen LogP contribution is 2.42. The molecule has 0 saturated heterocycles. The molecule has 0 bridgehead atoms. The normalized spacial score (nSPS) is 14.9. The zero-order valence-corrected chi connectivity index (χ0v) is 21.4. The Balaban J connectivity index is 2.31. The lowest BCUT2D eigenvalue weighted by molar-refractivity contribution is -0.118. The second-order valence-electron chi connectivity index (χ2n) is 9.00. The molecule has 1 atom stereocenters. The number of Topliss-reactive ketones (excluding diaryl/α,β-unsaturated/α-hetero) is 1. The summed E-state index contributed by atoms with van der Waals surface area (Å²) in [7, 11) is 0. The number of hydrogen-bond acceptors (Lipinski definition) is 6. The van der Waals surface area contributed by atoms with Gasteiger partial charge in [0.25, 0.3) is 0 Å². The fraction of sp³-hybridized carbons (Fsp3) is 0.481. The highest BCUT2D eigenvalue weighted by Gasteiger charge is 2.30. The summed E-state index contributed by atoms with van der Waals surface area (Å²) < 4.78 is 0. The smallest absolute Gasteiger partial charge is 0.166 e. The molecule has 3 N–H and O–H groups in total. The van der Waals surface area contributed by atoms with Crippen molar-refractivity contribution in [1.29, 1.82) is 0 Å². The highest BCUT2D eigenvalue weighted by atomic mass is 32.1. The molecule has 0 spiro atoms. The monoisotopic (exact) mass is 468 g/mol. The molecule has 1 unspecified atom stereocenters. The molecule has 3 rings (SSSR count). The molecule has 1 aromatic heterocycles. The third-order valence-electron chi connectivity index (χ3n) is 6.27. The molecule has 5 nitrogen and oxygen atoms in total. The minimum Gasteiger partial charge on any atom is -0.508 e. The lowest BCUT2D eigenvalue weighted by Crippen LogP contribution is -2.25. The van der Waals surface area contributed by atoms with Crippen molar-refractivity contribution in [3.63, 3.8) is 0 Å². The Hall–Kier alpha value is -2.60. The van der Waals surface area contributed by atoms with Crippen molar-refractivity contribution in [3.8, 4) is 11.5 Å². The van der Waals surface area contributed by atoms with Crippen molar-refractivity contribution >= 4 is 28.4 Å². The maximum Gasteiger partial charge on any atom is 0.166 e. The molecular formula is C27H36N2O3S. The van der Waals surface area contributed by atoms with E-state index in [1.54, 1.807) is 11.3 Å². The SMILES string of the molecule is CCCc1sc(C2=C(c3cc(C(C)C)c(O)cc3O)NCC=C2C(=O)C(C)CC)nc1CC. The van der Waals surface area contributed by atoms with Crippen LogP contribution in [0.2, 0.25) is 0 Å². The fourth-order valence-corrected chi connectivity index (χ4v) is 5.47. The van der Waals surface area contributed by atoms with Gasteiger partial charge in [0.2, 0.25) is 0 Å². The molecule has 0 amide bonds. The van der Waals surface area contributed by atoms with Crippen LogP contribution in [-0.4, -0.2) is 27.5 Å². The lowest BCUT2D eigenvalue weighted by Gasteiger charge is -2.25. The number of hydrogen-bond donors (Lipinski definition) is 3. The van der Waals surface area contributed by atoms with Crippen molar-refractivity contribution < 1.29 is 15.0 Å². The summed E-state index contributed by atoms with van der Waals surface area (Å²) in [5, 5.41) is 25.4. The molecule has 6 heteroatoms. The Labute approximate surface area is 201 Å². The molecule has 2 heterocycles. The van der Waals surface area contributed by atoms with Crippen LogP contribution in [0.1, 0.15) is 87.0 Å². The number of phenolic OH excluding ortho intramolecular Hbond substituents is 2. The number of carbonyl (C=O) groups is 1. The van der Waals surface area contributed by atoms with Crippen LogP contribution in [0.4, 0.5) is 0 Å². The van der Waals surface area contributed by atoms with E-state index in [1.807, 2.05) is 39.8 Å². The highest BCUT2D eigenvalue weighted by molar-refractivity contribution is 7.13. The minimum atomic E-state index is -0.106. The Morgan fingerprint density at radius 1 is 1.15 bits per heavy atom. The van der Waals surface area contributed by atoms with Gasteiger partial charge >= 0.3 is 0 Å². The number of carbonyl (C=O) groups excluding carboxylic acids is 1. The lowest BCUT2D eigenvalue weighted by atomic mass is 9.87. The van der Waals surface area contributed by atoms with Crippen LogP contribution in [0, 0.1) is 5.92 Å². The van der Waals surface area contributed by atoms with Crippen molar-refractivity contribution in [2.75, 3.05) is 6.54 Å². The first-order valence-electron chi connectivity index (χ1n) is 12.0. The predicted molar refractivity (Wildman–Crippen MR) is 137 cm³/mol. The van der Waals surface area contributed by atoms with Gasteiger partial charge in [-0.05, 0) is 36.8 Å². The van der Waals surface area contributed by atoms with Crippen molar-refractivity contribution in [3.05, 3.63) is 50.5 Å². The zero-order chi connectivity index (χ0) is 24.3. The predicted octanol–water partition coefficient (Wildman–Crippen LogP) is 6.21. The average Bonchev–Trinajstić information content (AvgIpc) is 3.20. The van der Waals surface area contributed by atoms with Gasteiger partial charge in [0.15, 0.2) is 5.78 Å². The first-order valence-corrected chi connectivity index (χ1v) is 12.8. The number of nitrogens with zero attached hydrogens (tertiary/aromatic N) is 1. The van der Waals surface area contributed by atoms with E-state index in [9.17, 15) is 15.0 Å². The summed E-state index contributed by atoms with van der Waals surface area (Å²) in [6, 6.07) is 3.23. The quantitative estimate of drug-likeness (QED) is 0.408. The maximum atomic E-state index is 13.4. The number of aromatic nitrogens is 1. The van der Waals surface area contributed by atoms with Crippen LogP contribution in [0.15, 0.2) is 23.8 Å². The molecule has 0 fully saturated rings. The fourth-order valence-electron chi connectivity index (χ4n) is 4.15. The number of rotatable bonds is 9. The summed E-state index contributed by atoms with van der Waals surface area (Å²) in [6.45, 7) is 12.7. The molecule has 0 aliphatic carbocycles. The Morgan fingerprint density at radius 3 is 2.48 bits per heavy atom. The maximum absolute atomic E-state index is 13.4. The van der Waals surface area contributed by atoms with E-state index in [0.29, 0.717) is 23.4 Å². The van der Waals surface area contributed by atoms with Crippen LogP contribution in [0.5, 0.6) is 11.5 Å². The van der Waals surface area contributed by atoms with Crippen LogP contribution in [0.25, 0.3) is 11.3 Å². The molecule has 0 radical (unpaired) electrons.